The Bertz CT molecular complexity index is 662. The molecular formula is C17H23N3O2S. The van der Waals surface area contributed by atoms with Crippen LogP contribution in [0.15, 0.2) is 23.2 Å². The molecule has 2 rings (SSSR count). The van der Waals surface area contributed by atoms with Crippen LogP contribution in [0.2, 0.25) is 0 Å². The quantitative estimate of drug-likeness (QED) is 0.893. The van der Waals surface area contributed by atoms with Crippen molar-refractivity contribution in [2.45, 2.75) is 51.8 Å². The third kappa shape index (κ3) is 5.10. The molecule has 1 aliphatic rings. The van der Waals surface area contributed by atoms with Crippen LogP contribution in [0.5, 0.6) is 0 Å². The maximum Gasteiger partial charge on any atom is 0.240 e. The third-order valence-electron chi connectivity index (χ3n) is 3.24. The Morgan fingerprint density at radius 2 is 2.04 bits per heavy atom. The number of carbonyl (C=O) groups excluding carboxylic acids is 2. The van der Waals surface area contributed by atoms with Gasteiger partial charge in [0, 0.05) is 12.1 Å². The molecule has 0 aliphatic carbocycles. The number of amides is 2. The molecule has 0 unspecified atom stereocenters. The van der Waals surface area contributed by atoms with Crippen molar-refractivity contribution in [2.75, 3.05) is 5.32 Å². The molecule has 1 fully saturated rings. The van der Waals surface area contributed by atoms with Crippen molar-refractivity contribution in [3.63, 3.8) is 0 Å². The highest BCUT2D eigenvalue weighted by atomic mass is 32.2. The number of nitrogens with one attached hydrogen (secondary N) is 2. The van der Waals surface area contributed by atoms with Crippen molar-refractivity contribution in [3.8, 4) is 0 Å². The number of amidine groups is 1. The summed E-state index contributed by atoms with van der Waals surface area (Å²) in [4.78, 5) is 28.6. The minimum Gasteiger partial charge on any atom is -0.326 e. The Morgan fingerprint density at radius 1 is 1.35 bits per heavy atom. The fourth-order valence-corrected chi connectivity index (χ4v) is 3.38. The molecule has 1 aliphatic heterocycles. The zero-order valence-electron chi connectivity index (χ0n) is 14.2. The molecule has 1 heterocycles. The van der Waals surface area contributed by atoms with E-state index in [9.17, 15) is 9.59 Å². The molecule has 0 aromatic heterocycles. The minimum atomic E-state index is -0.429. The van der Waals surface area contributed by atoms with Gasteiger partial charge in [-0.2, -0.15) is 0 Å². The molecule has 6 heteroatoms. The van der Waals surface area contributed by atoms with Gasteiger partial charge in [0.15, 0.2) is 5.17 Å². The first-order valence-electron chi connectivity index (χ1n) is 7.58. The summed E-state index contributed by atoms with van der Waals surface area (Å²) < 4.78 is 0. The fraction of sp³-hybridized carbons (Fsp3) is 0.471. The summed E-state index contributed by atoms with van der Waals surface area (Å²) in [5.74, 6) is -0.324. The Kier molecular flexibility index (Phi) is 5.14. The summed E-state index contributed by atoms with van der Waals surface area (Å²) in [6, 6.07) is 5.85. The number of carbonyl (C=O) groups is 2. The molecule has 2 N–H and O–H groups in total. The number of thioether (sulfide) groups is 1. The van der Waals surface area contributed by atoms with E-state index in [1.165, 1.54) is 11.8 Å². The van der Waals surface area contributed by atoms with Crippen molar-refractivity contribution in [2.24, 2.45) is 4.99 Å². The van der Waals surface area contributed by atoms with Gasteiger partial charge in [-0.25, -0.2) is 0 Å². The van der Waals surface area contributed by atoms with Crippen LogP contribution >= 0.6 is 11.8 Å². The molecule has 124 valence electrons. The smallest absolute Gasteiger partial charge is 0.240 e. The molecule has 1 aromatic rings. The Labute approximate surface area is 141 Å². The number of aliphatic imine (C=N–C) groups is 1. The van der Waals surface area contributed by atoms with Gasteiger partial charge >= 0.3 is 0 Å². The number of nitrogens with zero attached hydrogens (tertiary/aromatic N) is 1. The van der Waals surface area contributed by atoms with Crippen molar-refractivity contribution in [1.82, 2.24) is 5.32 Å². The second kappa shape index (κ2) is 6.74. The van der Waals surface area contributed by atoms with E-state index in [4.69, 9.17) is 0 Å². The van der Waals surface area contributed by atoms with E-state index in [0.29, 0.717) is 5.17 Å². The number of hydrogen-bond acceptors (Lipinski definition) is 4. The van der Waals surface area contributed by atoms with E-state index in [1.807, 2.05) is 52.8 Å². The van der Waals surface area contributed by atoms with E-state index < -0.39 is 5.25 Å². The average molecular weight is 333 g/mol. The van der Waals surface area contributed by atoms with Gasteiger partial charge in [0.25, 0.3) is 0 Å². The molecular weight excluding hydrogens is 310 g/mol. The van der Waals surface area contributed by atoms with Crippen molar-refractivity contribution in [3.05, 3.63) is 29.3 Å². The predicted octanol–water partition coefficient (Wildman–Crippen LogP) is 3.02. The van der Waals surface area contributed by atoms with Crippen LogP contribution in [-0.2, 0) is 9.59 Å². The van der Waals surface area contributed by atoms with Crippen LogP contribution < -0.4 is 10.6 Å². The van der Waals surface area contributed by atoms with E-state index in [-0.39, 0.29) is 23.8 Å². The lowest BCUT2D eigenvalue weighted by Gasteiger charge is -2.12. The van der Waals surface area contributed by atoms with Crippen LogP contribution in [0.25, 0.3) is 0 Å². The van der Waals surface area contributed by atoms with E-state index >= 15 is 0 Å². The molecule has 0 spiro atoms. The summed E-state index contributed by atoms with van der Waals surface area (Å²) in [5.41, 5.74) is 2.69. The van der Waals surface area contributed by atoms with Crippen LogP contribution in [0.4, 0.5) is 5.69 Å². The lowest BCUT2D eigenvalue weighted by molar-refractivity contribution is -0.122. The van der Waals surface area contributed by atoms with Gasteiger partial charge in [-0.1, -0.05) is 29.5 Å². The van der Waals surface area contributed by atoms with E-state index in [0.717, 1.165) is 16.8 Å². The topological polar surface area (TPSA) is 70.6 Å². The lowest BCUT2D eigenvalue weighted by atomic mass is 10.1. The highest BCUT2D eigenvalue weighted by molar-refractivity contribution is 8.15. The average Bonchev–Trinajstić information content (AvgIpc) is 2.70. The second-order valence-electron chi connectivity index (χ2n) is 6.75. The van der Waals surface area contributed by atoms with Crippen molar-refractivity contribution in [1.29, 1.82) is 0 Å². The van der Waals surface area contributed by atoms with Crippen LogP contribution in [0, 0.1) is 13.8 Å². The van der Waals surface area contributed by atoms with Gasteiger partial charge in [-0.05, 0) is 46.2 Å². The van der Waals surface area contributed by atoms with Crippen molar-refractivity contribution < 1.29 is 9.59 Å². The van der Waals surface area contributed by atoms with Crippen molar-refractivity contribution >= 4 is 34.4 Å². The molecule has 1 aromatic carbocycles. The number of rotatable bonds is 3. The van der Waals surface area contributed by atoms with Gasteiger partial charge in [0.05, 0.1) is 5.54 Å². The van der Waals surface area contributed by atoms with Gasteiger partial charge < -0.3 is 10.6 Å². The van der Waals surface area contributed by atoms with E-state index in [1.54, 1.807) is 0 Å². The summed E-state index contributed by atoms with van der Waals surface area (Å²) in [7, 11) is 0. The molecule has 0 saturated carbocycles. The Balaban J connectivity index is 1.98. The monoisotopic (exact) mass is 333 g/mol. The second-order valence-corrected chi connectivity index (χ2v) is 7.95. The number of anilines is 1. The van der Waals surface area contributed by atoms with Gasteiger partial charge in [-0.3, -0.25) is 14.6 Å². The summed E-state index contributed by atoms with van der Waals surface area (Å²) in [5, 5.41) is 5.78. The lowest BCUT2D eigenvalue weighted by Crippen LogP contribution is -2.29. The highest BCUT2D eigenvalue weighted by Gasteiger charge is 2.32. The number of aryl methyl sites for hydroxylation is 2. The summed E-state index contributed by atoms with van der Waals surface area (Å²) >= 11 is 1.32. The zero-order chi connectivity index (χ0) is 17.2. The summed E-state index contributed by atoms with van der Waals surface area (Å²) in [6.07, 6.45) is 0.132. The first-order valence-corrected chi connectivity index (χ1v) is 8.46. The number of hydrogen-bond donors (Lipinski definition) is 2. The minimum absolute atomic E-state index is 0.132. The van der Waals surface area contributed by atoms with Gasteiger partial charge in [0.1, 0.15) is 5.25 Å². The first-order chi connectivity index (χ1) is 10.6. The standard InChI is InChI=1S/C17H23N3O2S/c1-10-6-7-12(11(2)8-10)18-14(21)9-13-15(22)19-16(23-13)20-17(3,4)5/h6-8,13H,9H2,1-5H3,(H,18,21)(H,19,20,22)/t13-/m0/s1. The van der Waals surface area contributed by atoms with Gasteiger partial charge in [-0.15, -0.1) is 0 Å². The van der Waals surface area contributed by atoms with E-state index in [2.05, 4.69) is 15.6 Å². The normalized spacial score (nSPS) is 19.8. The Morgan fingerprint density at radius 3 is 2.65 bits per heavy atom. The third-order valence-corrected chi connectivity index (χ3v) is 4.32. The Hall–Kier alpha value is -1.82. The molecule has 0 radical (unpaired) electrons. The molecule has 1 saturated heterocycles. The first kappa shape index (κ1) is 17.5. The number of benzene rings is 1. The SMILES string of the molecule is Cc1ccc(NC(=O)C[C@@H]2SC(=NC(C)(C)C)NC2=O)c(C)c1. The predicted molar refractivity (Wildman–Crippen MR) is 95.9 cm³/mol. The van der Waals surface area contributed by atoms with Crippen LogP contribution in [0.1, 0.15) is 38.3 Å². The van der Waals surface area contributed by atoms with Gasteiger partial charge in [0.2, 0.25) is 11.8 Å². The molecule has 23 heavy (non-hydrogen) atoms. The fourth-order valence-electron chi connectivity index (χ4n) is 2.22. The highest BCUT2D eigenvalue weighted by Crippen LogP contribution is 2.25. The zero-order valence-corrected chi connectivity index (χ0v) is 15.0. The van der Waals surface area contributed by atoms with Crippen LogP contribution in [-0.4, -0.2) is 27.8 Å². The molecule has 0 bridgehead atoms. The maximum atomic E-state index is 12.2. The molecule has 2 amide bonds. The molecule has 5 nitrogen and oxygen atoms in total. The van der Waals surface area contributed by atoms with Crippen LogP contribution in [0.3, 0.4) is 0 Å². The largest absolute Gasteiger partial charge is 0.326 e. The molecule has 1 atom stereocenters. The summed E-state index contributed by atoms with van der Waals surface area (Å²) in [6.45, 7) is 9.86. The maximum absolute atomic E-state index is 12.2.